The molecule has 23 heavy (non-hydrogen) atoms. The van der Waals surface area contributed by atoms with E-state index in [0.29, 0.717) is 12.5 Å². The SMILES string of the molecule is Cc1ccccc1-c1nnc(S[C@H](C)C(=O)NCC(C)C)n1C. The number of benzene rings is 1. The Bertz CT molecular complexity index is 681. The zero-order valence-corrected chi connectivity index (χ0v) is 15.1. The highest BCUT2D eigenvalue weighted by atomic mass is 32.2. The third-order valence-electron chi connectivity index (χ3n) is 3.56. The van der Waals surface area contributed by atoms with Crippen molar-refractivity contribution in [1.82, 2.24) is 20.1 Å². The fourth-order valence-electron chi connectivity index (χ4n) is 2.14. The van der Waals surface area contributed by atoms with Crippen molar-refractivity contribution in [2.45, 2.75) is 38.1 Å². The first-order valence-corrected chi connectivity index (χ1v) is 8.68. The fraction of sp³-hybridized carbons (Fsp3) is 0.471. The van der Waals surface area contributed by atoms with E-state index in [1.54, 1.807) is 0 Å². The monoisotopic (exact) mass is 332 g/mol. The zero-order valence-electron chi connectivity index (χ0n) is 14.3. The Hall–Kier alpha value is -1.82. The maximum atomic E-state index is 12.1. The molecule has 1 amide bonds. The molecule has 5 nitrogen and oxygen atoms in total. The van der Waals surface area contributed by atoms with Crippen LogP contribution in [0.25, 0.3) is 11.4 Å². The summed E-state index contributed by atoms with van der Waals surface area (Å²) in [6.45, 7) is 8.79. The van der Waals surface area contributed by atoms with Gasteiger partial charge in [0, 0.05) is 19.2 Å². The van der Waals surface area contributed by atoms with E-state index in [9.17, 15) is 4.79 Å². The number of hydrogen-bond acceptors (Lipinski definition) is 4. The molecule has 2 rings (SSSR count). The third kappa shape index (κ3) is 4.34. The van der Waals surface area contributed by atoms with Gasteiger partial charge in [-0.05, 0) is 25.3 Å². The zero-order chi connectivity index (χ0) is 17.0. The van der Waals surface area contributed by atoms with Gasteiger partial charge in [-0.25, -0.2) is 0 Å². The number of thioether (sulfide) groups is 1. The van der Waals surface area contributed by atoms with E-state index in [4.69, 9.17) is 0 Å². The molecule has 124 valence electrons. The molecule has 0 radical (unpaired) electrons. The Balaban J connectivity index is 2.11. The second-order valence-electron chi connectivity index (χ2n) is 6.08. The number of aryl methyl sites for hydroxylation is 1. The first-order valence-electron chi connectivity index (χ1n) is 7.80. The van der Waals surface area contributed by atoms with Crippen molar-refractivity contribution in [3.05, 3.63) is 29.8 Å². The van der Waals surface area contributed by atoms with Crippen molar-refractivity contribution >= 4 is 17.7 Å². The molecular weight excluding hydrogens is 308 g/mol. The first-order chi connectivity index (χ1) is 10.9. The summed E-state index contributed by atoms with van der Waals surface area (Å²) in [5.74, 6) is 1.29. The van der Waals surface area contributed by atoms with Gasteiger partial charge < -0.3 is 9.88 Å². The van der Waals surface area contributed by atoms with Crippen LogP contribution < -0.4 is 5.32 Å². The third-order valence-corrected chi connectivity index (χ3v) is 4.69. The minimum atomic E-state index is -0.207. The number of hydrogen-bond donors (Lipinski definition) is 1. The average molecular weight is 332 g/mol. The van der Waals surface area contributed by atoms with Gasteiger partial charge in [0.2, 0.25) is 5.91 Å². The number of nitrogens with zero attached hydrogens (tertiary/aromatic N) is 3. The lowest BCUT2D eigenvalue weighted by Crippen LogP contribution is -2.33. The normalized spacial score (nSPS) is 12.4. The molecule has 0 aliphatic rings. The summed E-state index contributed by atoms with van der Waals surface area (Å²) in [5, 5.41) is 12.0. The summed E-state index contributed by atoms with van der Waals surface area (Å²) in [7, 11) is 1.93. The Kier molecular flexibility index (Phi) is 5.82. The van der Waals surface area contributed by atoms with Gasteiger partial charge in [0.1, 0.15) is 0 Å². The predicted molar refractivity (Wildman–Crippen MR) is 94.3 cm³/mol. The van der Waals surface area contributed by atoms with Gasteiger partial charge in [-0.15, -0.1) is 10.2 Å². The minimum absolute atomic E-state index is 0.0316. The van der Waals surface area contributed by atoms with Crippen molar-refractivity contribution in [3.63, 3.8) is 0 Å². The largest absolute Gasteiger partial charge is 0.355 e. The van der Waals surface area contributed by atoms with Crippen LogP contribution in [0.2, 0.25) is 0 Å². The highest BCUT2D eigenvalue weighted by molar-refractivity contribution is 8.00. The lowest BCUT2D eigenvalue weighted by atomic mass is 10.1. The predicted octanol–water partition coefficient (Wildman–Crippen LogP) is 3.04. The highest BCUT2D eigenvalue weighted by Crippen LogP contribution is 2.27. The highest BCUT2D eigenvalue weighted by Gasteiger charge is 2.19. The van der Waals surface area contributed by atoms with Crippen LogP contribution in [-0.2, 0) is 11.8 Å². The maximum Gasteiger partial charge on any atom is 0.233 e. The summed E-state index contributed by atoms with van der Waals surface area (Å²) < 4.78 is 1.94. The van der Waals surface area contributed by atoms with E-state index in [2.05, 4.69) is 42.4 Å². The number of rotatable bonds is 6. The molecule has 0 saturated carbocycles. The summed E-state index contributed by atoms with van der Waals surface area (Å²) in [5.41, 5.74) is 2.22. The second kappa shape index (κ2) is 7.64. The molecule has 1 N–H and O–H groups in total. The molecule has 1 aromatic carbocycles. The van der Waals surface area contributed by atoms with Gasteiger partial charge in [-0.1, -0.05) is 49.9 Å². The van der Waals surface area contributed by atoms with Crippen LogP contribution in [0.1, 0.15) is 26.3 Å². The Morgan fingerprint density at radius 1 is 1.26 bits per heavy atom. The van der Waals surface area contributed by atoms with E-state index >= 15 is 0 Å². The van der Waals surface area contributed by atoms with Crippen molar-refractivity contribution in [3.8, 4) is 11.4 Å². The van der Waals surface area contributed by atoms with Gasteiger partial charge in [0.25, 0.3) is 0 Å². The van der Waals surface area contributed by atoms with Crippen LogP contribution in [0.4, 0.5) is 0 Å². The lowest BCUT2D eigenvalue weighted by molar-refractivity contribution is -0.120. The van der Waals surface area contributed by atoms with Crippen LogP contribution in [0.5, 0.6) is 0 Å². The maximum absolute atomic E-state index is 12.1. The van der Waals surface area contributed by atoms with E-state index in [0.717, 1.165) is 22.1 Å². The van der Waals surface area contributed by atoms with E-state index in [1.165, 1.54) is 11.8 Å². The van der Waals surface area contributed by atoms with E-state index < -0.39 is 0 Å². The molecule has 1 aromatic heterocycles. The van der Waals surface area contributed by atoms with Gasteiger partial charge in [0.05, 0.1) is 5.25 Å². The number of carbonyl (C=O) groups is 1. The molecule has 0 spiro atoms. The topological polar surface area (TPSA) is 59.8 Å². The minimum Gasteiger partial charge on any atom is -0.355 e. The number of nitrogens with one attached hydrogen (secondary N) is 1. The molecule has 1 heterocycles. The molecule has 0 fully saturated rings. The quantitative estimate of drug-likeness (QED) is 0.826. The van der Waals surface area contributed by atoms with Crippen molar-refractivity contribution in [2.24, 2.45) is 13.0 Å². The first kappa shape index (κ1) is 17.5. The molecule has 0 bridgehead atoms. The number of carbonyl (C=O) groups excluding carboxylic acids is 1. The summed E-state index contributed by atoms with van der Waals surface area (Å²) in [6, 6.07) is 8.09. The Morgan fingerprint density at radius 2 is 1.96 bits per heavy atom. The van der Waals surface area contributed by atoms with Crippen LogP contribution in [0.15, 0.2) is 29.4 Å². The molecule has 0 aliphatic heterocycles. The van der Waals surface area contributed by atoms with Crippen molar-refractivity contribution in [2.75, 3.05) is 6.54 Å². The van der Waals surface area contributed by atoms with Crippen LogP contribution >= 0.6 is 11.8 Å². The summed E-state index contributed by atoms with van der Waals surface area (Å²) in [4.78, 5) is 12.1. The molecular formula is C17H24N4OS. The van der Waals surface area contributed by atoms with Crippen LogP contribution in [0.3, 0.4) is 0 Å². The Morgan fingerprint density at radius 3 is 2.61 bits per heavy atom. The molecule has 0 saturated heterocycles. The molecule has 0 unspecified atom stereocenters. The molecule has 2 aromatic rings. The van der Waals surface area contributed by atoms with Gasteiger partial charge in [0.15, 0.2) is 11.0 Å². The smallest absolute Gasteiger partial charge is 0.233 e. The van der Waals surface area contributed by atoms with E-state index in [-0.39, 0.29) is 11.2 Å². The molecule has 0 aliphatic carbocycles. The second-order valence-corrected chi connectivity index (χ2v) is 7.39. The standard InChI is InChI=1S/C17H24N4OS/c1-11(2)10-18-16(22)13(4)23-17-20-19-15(21(17)5)14-9-7-6-8-12(14)3/h6-9,11,13H,10H2,1-5H3,(H,18,22)/t13-/m1/s1. The van der Waals surface area contributed by atoms with Gasteiger partial charge >= 0.3 is 0 Å². The van der Waals surface area contributed by atoms with Crippen LogP contribution in [-0.4, -0.2) is 32.5 Å². The number of aromatic nitrogens is 3. The lowest BCUT2D eigenvalue weighted by Gasteiger charge is -2.13. The van der Waals surface area contributed by atoms with Crippen molar-refractivity contribution in [1.29, 1.82) is 0 Å². The number of amides is 1. The van der Waals surface area contributed by atoms with Crippen LogP contribution in [0, 0.1) is 12.8 Å². The van der Waals surface area contributed by atoms with Crippen molar-refractivity contribution < 1.29 is 4.79 Å². The Labute approximate surface area is 141 Å². The summed E-state index contributed by atoms with van der Waals surface area (Å²) >= 11 is 1.43. The summed E-state index contributed by atoms with van der Waals surface area (Å²) in [6.07, 6.45) is 0. The van der Waals surface area contributed by atoms with Gasteiger partial charge in [-0.3, -0.25) is 4.79 Å². The average Bonchev–Trinajstić information content (AvgIpc) is 2.86. The molecule has 1 atom stereocenters. The van der Waals surface area contributed by atoms with Gasteiger partial charge in [-0.2, -0.15) is 0 Å². The fourth-order valence-corrected chi connectivity index (χ4v) is 2.98. The van der Waals surface area contributed by atoms with E-state index in [1.807, 2.05) is 36.7 Å². The molecule has 6 heteroatoms.